The maximum absolute atomic E-state index is 2.72. The van der Waals surface area contributed by atoms with Crippen LogP contribution in [0.2, 0.25) is 0 Å². The summed E-state index contributed by atoms with van der Waals surface area (Å²) in [6.07, 6.45) is 5.91. The number of para-hydroxylation sites is 1. The number of allylic oxidation sites excluding steroid dienone is 2. The van der Waals surface area contributed by atoms with Crippen molar-refractivity contribution in [2.24, 2.45) is 5.41 Å². The number of fused-ring (bicyclic) bond motifs is 6. The van der Waals surface area contributed by atoms with Crippen LogP contribution < -0.4 is 4.57 Å². The largest absolute Gasteiger partial charge is 0.213 e. The molecule has 2 heterocycles. The molecule has 33 heavy (non-hydrogen) atoms. The Labute approximate surface area is 200 Å². The Balaban J connectivity index is 1.88. The van der Waals surface area contributed by atoms with E-state index in [1.807, 2.05) is 0 Å². The fourth-order valence-corrected chi connectivity index (χ4v) is 7.02. The molecule has 0 fully saturated rings. The van der Waals surface area contributed by atoms with Gasteiger partial charge in [0.05, 0.1) is 5.41 Å². The van der Waals surface area contributed by atoms with Crippen LogP contribution in [-0.4, -0.2) is 0 Å². The Kier molecular flexibility index (Phi) is 5.12. The molecule has 2 aliphatic rings. The number of aryl methyl sites for hydroxylation is 1. The normalized spacial score (nSPS) is 25.2. The second-order valence-corrected chi connectivity index (χ2v) is 11.3. The minimum Gasteiger partial charge on any atom is -0.186 e. The predicted molar refractivity (Wildman–Crippen MR) is 141 cm³/mol. The number of unbranched alkanes of at least 4 members (excludes halogenated alkanes) is 1. The molecule has 2 aromatic carbocycles. The van der Waals surface area contributed by atoms with E-state index in [2.05, 4.69) is 108 Å². The summed E-state index contributed by atoms with van der Waals surface area (Å²) in [5.74, 6) is 0. The minimum atomic E-state index is -0.0113. The Hall–Kier alpha value is -2.41. The third-order valence-electron chi connectivity index (χ3n) is 9.45. The summed E-state index contributed by atoms with van der Waals surface area (Å²) in [7, 11) is 0. The maximum Gasteiger partial charge on any atom is 0.213 e. The average molecular weight is 439 g/mol. The van der Waals surface area contributed by atoms with Crippen LogP contribution >= 0.6 is 0 Å². The molecule has 2 unspecified atom stereocenters. The van der Waals surface area contributed by atoms with E-state index in [1.54, 1.807) is 11.1 Å². The molecule has 1 nitrogen and oxygen atoms in total. The zero-order valence-corrected chi connectivity index (χ0v) is 21.7. The van der Waals surface area contributed by atoms with Crippen LogP contribution in [0.15, 0.2) is 54.6 Å². The third-order valence-corrected chi connectivity index (χ3v) is 9.45. The van der Waals surface area contributed by atoms with Crippen molar-refractivity contribution in [1.29, 1.82) is 0 Å². The fraction of sp³-hybridized carbons (Fsp3) is 0.469. The molecular weight excluding hydrogens is 398 g/mol. The van der Waals surface area contributed by atoms with Gasteiger partial charge in [0.1, 0.15) is 0 Å². The van der Waals surface area contributed by atoms with E-state index in [1.165, 1.54) is 52.5 Å². The van der Waals surface area contributed by atoms with E-state index in [9.17, 15) is 0 Å². The summed E-state index contributed by atoms with van der Waals surface area (Å²) in [6, 6.07) is 21.1. The number of pyridine rings is 1. The Morgan fingerprint density at radius 1 is 0.788 bits per heavy atom. The Morgan fingerprint density at radius 2 is 1.55 bits per heavy atom. The molecule has 1 aliphatic carbocycles. The molecule has 1 aromatic heterocycles. The van der Waals surface area contributed by atoms with Gasteiger partial charge >= 0.3 is 0 Å². The van der Waals surface area contributed by atoms with E-state index in [0.29, 0.717) is 0 Å². The SMILES string of the molecule is CCCCc1ccc2c(c1)C(C)(C)C1=C2C(C)(CC)C(C)(CC)[n+]2c1ccc1ccccc12. The highest BCUT2D eigenvalue weighted by Gasteiger charge is 2.62. The van der Waals surface area contributed by atoms with Gasteiger partial charge in [-0.25, -0.2) is 0 Å². The topological polar surface area (TPSA) is 3.88 Å². The molecule has 3 aromatic rings. The molecule has 0 bridgehead atoms. The van der Waals surface area contributed by atoms with Gasteiger partial charge in [0, 0.05) is 41.9 Å². The molecule has 0 amide bonds. The van der Waals surface area contributed by atoms with Crippen molar-refractivity contribution in [1.82, 2.24) is 0 Å². The van der Waals surface area contributed by atoms with Crippen molar-refractivity contribution in [2.75, 3.05) is 0 Å². The van der Waals surface area contributed by atoms with Gasteiger partial charge in [-0.1, -0.05) is 71.4 Å². The summed E-state index contributed by atoms with van der Waals surface area (Å²) in [4.78, 5) is 0. The van der Waals surface area contributed by atoms with E-state index in [4.69, 9.17) is 0 Å². The van der Waals surface area contributed by atoms with Gasteiger partial charge in [-0.3, -0.25) is 0 Å². The molecule has 2 atom stereocenters. The van der Waals surface area contributed by atoms with Gasteiger partial charge in [-0.05, 0) is 60.6 Å². The first-order valence-electron chi connectivity index (χ1n) is 13.1. The molecule has 5 rings (SSSR count). The summed E-state index contributed by atoms with van der Waals surface area (Å²) in [6.45, 7) is 17.0. The van der Waals surface area contributed by atoms with Crippen molar-refractivity contribution in [3.8, 4) is 0 Å². The van der Waals surface area contributed by atoms with Gasteiger partial charge in [0.25, 0.3) is 0 Å². The molecule has 172 valence electrons. The lowest BCUT2D eigenvalue weighted by molar-refractivity contribution is -0.756. The first-order chi connectivity index (χ1) is 15.7. The molecule has 1 heteroatoms. The highest BCUT2D eigenvalue weighted by molar-refractivity contribution is 6.03. The third kappa shape index (κ3) is 2.81. The van der Waals surface area contributed by atoms with Crippen LogP contribution in [0.1, 0.15) is 96.5 Å². The number of benzene rings is 2. The van der Waals surface area contributed by atoms with Crippen molar-refractivity contribution in [3.63, 3.8) is 0 Å². The standard InChI is InChI=1S/C32H40N/c1-8-11-14-22-17-19-24-25(21-22)30(4,5)29-27-20-18-23-15-12-13-16-26(23)33(27)32(7,10-3)31(6,9-2)28(24)29/h12-13,15-21H,8-11,14H2,1-7H3/q+1. The summed E-state index contributed by atoms with van der Waals surface area (Å²) >= 11 is 0. The second-order valence-electron chi connectivity index (χ2n) is 11.3. The molecule has 0 spiro atoms. The lowest BCUT2D eigenvalue weighted by Gasteiger charge is -2.47. The van der Waals surface area contributed by atoms with Gasteiger partial charge in [0.15, 0.2) is 5.54 Å². The zero-order chi connectivity index (χ0) is 23.6. The quantitative estimate of drug-likeness (QED) is 0.353. The minimum absolute atomic E-state index is 0.00461. The van der Waals surface area contributed by atoms with Crippen molar-refractivity contribution in [2.45, 2.75) is 91.5 Å². The number of nitrogens with zero attached hydrogens (tertiary/aromatic N) is 1. The zero-order valence-electron chi connectivity index (χ0n) is 21.7. The van der Waals surface area contributed by atoms with E-state index in [0.717, 1.165) is 12.8 Å². The van der Waals surface area contributed by atoms with Crippen molar-refractivity contribution < 1.29 is 4.57 Å². The number of hydrogen-bond donors (Lipinski definition) is 0. The van der Waals surface area contributed by atoms with Crippen molar-refractivity contribution in [3.05, 3.63) is 77.0 Å². The highest BCUT2D eigenvalue weighted by atomic mass is 15.1. The van der Waals surface area contributed by atoms with Crippen LogP contribution in [0.5, 0.6) is 0 Å². The van der Waals surface area contributed by atoms with Gasteiger partial charge in [0.2, 0.25) is 11.2 Å². The lowest BCUT2D eigenvalue weighted by Crippen LogP contribution is -2.67. The van der Waals surface area contributed by atoms with Crippen molar-refractivity contribution >= 4 is 22.0 Å². The Morgan fingerprint density at radius 3 is 2.24 bits per heavy atom. The summed E-state index contributed by atoms with van der Waals surface area (Å²) in [5, 5.41) is 1.33. The Bertz CT molecular complexity index is 1280. The molecule has 0 saturated carbocycles. The molecule has 0 saturated heterocycles. The monoisotopic (exact) mass is 438 g/mol. The van der Waals surface area contributed by atoms with Crippen LogP contribution in [-0.2, 0) is 17.4 Å². The number of rotatable bonds is 5. The van der Waals surface area contributed by atoms with E-state index >= 15 is 0 Å². The molecule has 0 N–H and O–H groups in total. The van der Waals surface area contributed by atoms with E-state index < -0.39 is 0 Å². The van der Waals surface area contributed by atoms with Gasteiger partial charge in [-0.15, -0.1) is 0 Å². The number of hydrogen-bond acceptors (Lipinski definition) is 0. The van der Waals surface area contributed by atoms with Gasteiger partial charge < -0.3 is 0 Å². The maximum atomic E-state index is 2.72. The van der Waals surface area contributed by atoms with Crippen LogP contribution in [0, 0.1) is 5.41 Å². The summed E-state index contributed by atoms with van der Waals surface area (Å²) < 4.78 is 2.72. The lowest BCUT2D eigenvalue weighted by atomic mass is 9.59. The highest BCUT2D eigenvalue weighted by Crippen LogP contribution is 2.63. The number of aromatic nitrogens is 1. The first-order valence-corrected chi connectivity index (χ1v) is 13.1. The first kappa shape index (κ1) is 22.4. The van der Waals surface area contributed by atoms with Gasteiger partial charge in [-0.2, -0.15) is 4.57 Å². The average Bonchev–Trinajstić information content (AvgIpc) is 3.07. The fourth-order valence-electron chi connectivity index (χ4n) is 7.02. The molecule has 1 aliphatic heterocycles. The van der Waals surface area contributed by atoms with Crippen LogP contribution in [0.4, 0.5) is 0 Å². The van der Waals surface area contributed by atoms with E-state index in [-0.39, 0.29) is 16.4 Å². The van der Waals surface area contributed by atoms with Crippen LogP contribution in [0.3, 0.4) is 0 Å². The summed E-state index contributed by atoms with van der Waals surface area (Å²) in [5.41, 5.74) is 10.5. The second kappa shape index (κ2) is 7.55. The predicted octanol–water partition coefficient (Wildman–Crippen LogP) is 8.23. The molecular formula is C32H40N+. The molecule has 0 radical (unpaired) electrons. The van der Waals surface area contributed by atoms with Crippen LogP contribution in [0.25, 0.3) is 22.0 Å². The smallest absolute Gasteiger partial charge is 0.186 e.